The topological polar surface area (TPSA) is 108 Å². The van der Waals surface area contributed by atoms with Crippen LogP contribution in [0.25, 0.3) is 0 Å². The predicted octanol–water partition coefficient (Wildman–Crippen LogP) is 1.12. The summed E-state index contributed by atoms with van der Waals surface area (Å²) >= 11 is 1.47. The monoisotopic (exact) mass is 458 g/mol. The summed E-state index contributed by atoms with van der Waals surface area (Å²) in [5.41, 5.74) is 1.39. The van der Waals surface area contributed by atoms with E-state index in [4.69, 9.17) is 0 Å². The lowest BCUT2D eigenvalue weighted by Gasteiger charge is -2.34. The molecule has 5 rings (SSSR count). The van der Waals surface area contributed by atoms with Crippen molar-refractivity contribution in [3.8, 4) is 0 Å². The van der Waals surface area contributed by atoms with E-state index in [1.165, 1.54) is 11.8 Å². The molecule has 11 heteroatoms. The summed E-state index contributed by atoms with van der Waals surface area (Å²) in [6, 6.07) is 8.97. The van der Waals surface area contributed by atoms with E-state index in [1.54, 1.807) is 18.5 Å². The Labute approximate surface area is 184 Å². The van der Waals surface area contributed by atoms with Crippen LogP contribution in [-0.4, -0.2) is 83.3 Å². The first-order valence-electron chi connectivity index (χ1n) is 10.1. The van der Waals surface area contributed by atoms with Crippen LogP contribution in [0.3, 0.4) is 0 Å². The van der Waals surface area contributed by atoms with Gasteiger partial charge in [-0.3, -0.25) is 9.79 Å². The van der Waals surface area contributed by atoms with Crippen molar-refractivity contribution in [1.29, 1.82) is 0 Å². The van der Waals surface area contributed by atoms with Gasteiger partial charge < -0.3 is 15.1 Å². The van der Waals surface area contributed by atoms with E-state index in [2.05, 4.69) is 25.2 Å². The second-order valence-corrected chi connectivity index (χ2v) is 11.2. The first kappa shape index (κ1) is 20.3. The zero-order chi connectivity index (χ0) is 21.4. The third-order valence-electron chi connectivity index (χ3n) is 5.58. The van der Waals surface area contributed by atoms with Gasteiger partial charge in [0.2, 0.25) is 5.95 Å². The molecule has 3 aliphatic heterocycles. The summed E-state index contributed by atoms with van der Waals surface area (Å²) in [6.45, 7) is 2.59. The number of amides is 1. The molecule has 0 unspecified atom stereocenters. The maximum atomic E-state index is 13.0. The average Bonchev–Trinajstić information content (AvgIpc) is 3.26. The van der Waals surface area contributed by atoms with Gasteiger partial charge in [0.25, 0.3) is 5.91 Å². The maximum Gasteiger partial charge on any atom is 0.254 e. The van der Waals surface area contributed by atoms with Gasteiger partial charge in [-0.15, -0.1) is 0 Å². The van der Waals surface area contributed by atoms with Crippen LogP contribution in [0.4, 0.5) is 11.6 Å². The largest absolute Gasteiger partial charge is 0.337 e. The molecule has 0 radical (unpaired) electrons. The van der Waals surface area contributed by atoms with E-state index in [0.717, 1.165) is 5.69 Å². The number of aromatic nitrogens is 2. The van der Waals surface area contributed by atoms with Crippen molar-refractivity contribution in [3.05, 3.63) is 48.3 Å². The molecular formula is C20H22N6O3S2. The number of anilines is 2. The van der Waals surface area contributed by atoms with Crippen molar-refractivity contribution in [2.24, 2.45) is 4.99 Å². The van der Waals surface area contributed by atoms with Crippen LogP contribution in [0.15, 0.2) is 47.7 Å². The highest BCUT2D eigenvalue weighted by atomic mass is 32.2. The molecule has 0 bridgehead atoms. The summed E-state index contributed by atoms with van der Waals surface area (Å²) in [5.74, 6) is 0.971. The maximum absolute atomic E-state index is 13.0. The van der Waals surface area contributed by atoms with Crippen LogP contribution >= 0.6 is 11.8 Å². The van der Waals surface area contributed by atoms with Gasteiger partial charge in [0.05, 0.1) is 17.5 Å². The number of nitrogens with zero attached hydrogens (tertiary/aromatic N) is 5. The van der Waals surface area contributed by atoms with Crippen LogP contribution in [0, 0.1) is 0 Å². The number of sulfone groups is 1. The number of hydrogen-bond donors (Lipinski definition) is 1. The summed E-state index contributed by atoms with van der Waals surface area (Å²) in [5, 5.41) is 3.95. The number of amidine groups is 1. The minimum Gasteiger partial charge on any atom is -0.337 e. The molecule has 2 fully saturated rings. The third-order valence-corrected chi connectivity index (χ3v) is 8.72. The van der Waals surface area contributed by atoms with Gasteiger partial charge in [-0.2, -0.15) is 0 Å². The lowest BCUT2D eigenvalue weighted by molar-refractivity contribution is 0.0746. The first-order valence-corrected chi connectivity index (χ1v) is 12.8. The Kier molecular flexibility index (Phi) is 5.30. The molecule has 1 aromatic carbocycles. The van der Waals surface area contributed by atoms with E-state index >= 15 is 0 Å². The first-order chi connectivity index (χ1) is 15.0. The average molecular weight is 459 g/mol. The van der Waals surface area contributed by atoms with Crippen molar-refractivity contribution in [2.45, 2.75) is 11.3 Å². The molecule has 3 aliphatic rings. The molecule has 1 N–H and O–H groups in total. The molecule has 9 nitrogen and oxygen atoms in total. The van der Waals surface area contributed by atoms with Crippen molar-refractivity contribution in [3.63, 3.8) is 0 Å². The number of hydrogen-bond acceptors (Lipinski definition) is 9. The number of fused-ring (bicyclic) bond motifs is 1. The molecule has 162 valence electrons. The molecule has 4 heterocycles. The summed E-state index contributed by atoms with van der Waals surface area (Å²) < 4.78 is 23.4. The van der Waals surface area contributed by atoms with Crippen molar-refractivity contribution >= 4 is 44.3 Å². The van der Waals surface area contributed by atoms with Crippen molar-refractivity contribution in [2.75, 3.05) is 47.9 Å². The molecule has 0 spiro atoms. The molecule has 2 aromatic rings. The number of carbonyl (C=O) groups is 1. The molecule has 2 saturated heterocycles. The van der Waals surface area contributed by atoms with Gasteiger partial charge in [0.15, 0.2) is 15.0 Å². The van der Waals surface area contributed by atoms with Crippen LogP contribution in [0.1, 0.15) is 10.4 Å². The van der Waals surface area contributed by atoms with Gasteiger partial charge in [-0.1, -0.05) is 17.8 Å². The van der Waals surface area contributed by atoms with E-state index in [9.17, 15) is 13.2 Å². The van der Waals surface area contributed by atoms with Crippen molar-refractivity contribution < 1.29 is 13.2 Å². The van der Waals surface area contributed by atoms with Crippen LogP contribution in [0.2, 0.25) is 0 Å². The SMILES string of the molecule is O=C(c1cccc(NC2=N[C@H]3CS(=O)(=O)C[C@H]3S2)c1)N1CCN(c2ncccn2)CC1. The van der Waals surface area contributed by atoms with E-state index < -0.39 is 9.84 Å². The Morgan fingerprint density at radius 3 is 2.58 bits per heavy atom. The zero-order valence-electron chi connectivity index (χ0n) is 16.7. The lowest BCUT2D eigenvalue weighted by atomic mass is 10.1. The van der Waals surface area contributed by atoms with Crippen molar-refractivity contribution in [1.82, 2.24) is 14.9 Å². The highest BCUT2D eigenvalue weighted by molar-refractivity contribution is 8.15. The third kappa shape index (κ3) is 4.38. The summed E-state index contributed by atoms with van der Waals surface area (Å²) in [7, 11) is -2.97. The van der Waals surface area contributed by atoms with Gasteiger partial charge in [0, 0.05) is 55.1 Å². The minimum atomic E-state index is -2.97. The summed E-state index contributed by atoms with van der Waals surface area (Å²) in [4.78, 5) is 30.0. The van der Waals surface area contributed by atoms with E-state index in [-0.39, 0.29) is 28.7 Å². The second-order valence-electron chi connectivity index (χ2n) is 7.77. The number of nitrogens with one attached hydrogen (secondary N) is 1. The highest BCUT2D eigenvalue weighted by Gasteiger charge is 2.42. The smallest absolute Gasteiger partial charge is 0.254 e. The van der Waals surface area contributed by atoms with Crippen LogP contribution < -0.4 is 10.2 Å². The van der Waals surface area contributed by atoms with Gasteiger partial charge in [-0.25, -0.2) is 18.4 Å². The Hall–Kier alpha value is -2.66. The fraction of sp³-hybridized carbons (Fsp3) is 0.400. The standard InChI is InChI=1S/C20H22N6O3S2/c27-18(25-7-9-26(10-8-25)19-21-5-2-6-22-19)14-3-1-4-15(11-14)23-20-24-16-12-31(28,29)13-17(16)30-20/h1-6,11,16-17H,7-10,12-13H2,(H,23,24)/t16-,17+/m0/s1. The van der Waals surface area contributed by atoms with E-state index in [1.807, 2.05) is 29.2 Å². The number of benzene rings is 1. The fourth-order valence-corrected chi connectivity index (χ4v) is 7.69. The number of carbonyl (C=O) groups excluding carboxylic acids is 1. The molecule has 31 heavy (non-hydrogen) atoms. The van der Waals surface area contributed by atoms with Gasteiger partial charge in [0.1, 0.15) is 0 Å². The number of piperazine rings is 1. The number of thioether (sulfide) groups is 1. The molecule has 2 atom stereocenters. The van der Waals surface area contributed by atoms with Gasteiger partial charge >= 0.3 is 0 Å². The Morgan fingerprint density at radius 2 is 1.84 bits per heavy atom. The second kappa shape index (κ2) is 8.12. The molecule has 0 aliphatic carbocycles. The number of aliphatic imine (C=N–C) groups is 1. The van der Waals surface area contributed by atoms with Gasteiger partial charge in [-0.05, 0) is 24.3 Å². The quantitative estimate of drug-likeness (QED) is 0.729. The minimum absolute atomic E-state index is 0.0118. The molecular weight excluding hydrogens is 436 g/mol. The zero-order valence-corrected chi connectivity index (χ0v) is 18.3. The molecule has 0 saturated carbocycles. The predicted molar refractivity (Wildman–Crippen MR) is 121 cm³/mol. The molecule has 1 amide bonds. The Morgan fingerprint density at radius 1 is 1.06 bits per heavy atom. The Bertz CT molecular complexity index is 1120. The highest BCUT2D eigenvalue weighted by Crippen LogP contribution is 2.34. The number of rotatable bonds is 3. The normalized spacial score (nSPS) is 24.6. The Balaban J connectivity index is 1.21. The van der Waals surface area contributed by atoms with Crippen LogP contribution in [-0.2, 0) is 9.84 Å². The lowest BCUT2D eigenvalue weighted by Crippen LogP contribution is -2.49. The fourth-order valence-electron chi connectivity index (χ4n) is 4.02. The summed E-state index contributed by atoms with van der Waals surface area (Å²) in [6.07, 6.45) is 3.44. The molecule has 1 aromatic heterocycles. The van der Waals surface area contributed by atoms with Crippen LogP contribution in [0.5, 0.6) is 0 Å². The van der Waals surface area contributed by atoms with E-state index in [0.29, 0.717) is 42.9 Å².